The molecule has 1 aliphatic rings. The molecule has 1 fully saturated rings. The lowest BCUT2D eigenvalue weighted by Crippen LogP contribution is -2.34. The Kier molecular flexibility index (Phi) is 7.15. The fourth-order valence-corrected chi connectivity index (χ4v) is 1.32. The largest absolute Gasteiger partial charge is 0.379 e. The fraction of sp³-hybridized carbons (Fsp3) is 0.917. The van der Waals surface area contributed by atoms with E-state index < -0.39 is 0 Å². The Bertz CT molecular complexity index is 212. The van der Waals surface area contributed by atoms with Gasteiger partial charge in [-0.2, -0.15) is 5.26 Å². The Hall–Kier alpha value is -0.630. The predicted molar refractivity (Wildman–Crippen MR) is 62.1 cm³/mol. The van der Waals surface area contributed by atoms with Gasteiger partial charge in [0.2, 0.25) is 0 Å². The first-order chi connectivity index (χ1) is 7.86. The molecule has 0 aromatic carbocycles. The summed E-state index contributed by atoms with van der Waals surface area (Å²) in [5.41, 5.74) is 0. The third kappa shape index (κ3) is 6.78. The van der Waals surface area contributed by atoms with Crippen LogP contribution in [0.5, 0.6) is 0 Å². The van der Waals surface area contributed by atoms with Gasteiger partial charge in [0.05, 0.1) is 25.9 Å². The minimum atomic E-state index is -0.164. The quantitative estimate of drug-likeness (QED) is 0.573. The number of rotatable bonds is 10. The van der Waals surface area contributed by atoms with Crippen LogP contribution in [0.25, 0.3) is 0 Å². The summed E-state index contributed by atoms with van der Waals surface area (Å²) in [5, 5.41) is 12.1. The van der Waals surface area contributed by atoms with Crippen LogP contribution < -0.4 is 5.32 Å². The van der Waals surface area contributed by atoms with Crippen molar-refractivity contribution in [3.63, 3.8) is 0 Å². The number of hydrogen-bond donors (Lipinski definition) is 1. The molecule has 1 aliphatic carbocycles. The summed E-state index contributed by atoms with van der Waals surface area (Å²) in [6, 6.07) is 2.59. The van der Waals surface area contributed by atoms with E-state index in [2.05, 4.69) is 18.3 Å². The average molecular weight is 226 g/mol. The maximum absolute atomic E-state index is 8.85. The van der Waals surface area contributed by atoms with E-state index in [-0.39, 0.29) is 6.04 Å². The van der Waals surface area contributed by atoms with Crippen molar-refractivity contribution in [2.24, 2.45) is 0 Å². The third-order valence-electron chi connectivity index (χ3n) is 2.47. The standard InChI is InChI=1S/C12H22N2O2/c1-2-3-6-15-7-8-16-10-12(9-13)14-11-4-5-11/h11-12,14H,2-8,10H2,1H3. The Balaban J connectivity index is 1.86. The first-order valence-corrected chi connectivity index (χ1v) is 6.18. The van der Waals surface area contributed by atoms with E-state index in [1.807, 2.05) is 0 Å². The second-order valence-corrected chi connectivity index (χ2v) is 4.16. The van der Waals surface area contributed by atoms with Gasteiger partial charge in [-0.05, 0) is 19.3 Å². The van der Waals surface area contributed by atoms with Crippen molar-refractivity contribution < 1.29 is 9.47 Å². The summed E-state index contributed by atoms with van der Waals surface area (Å²) in [7, 11) is 0. The molecule has 1 N–H and O–H groups in total. The first kappa shape index (κ1) is 13.4. The normalized spacial score (nSPS) is 17.0. The van der Waals surface area contributed by atoms with Gasteiger partial charge >= 0.3 is 0 Å². The summed E-state index contributed by atoms with van der Waals surface area (Å²) >= 11 is 0. The molecule has 0 aromatic heterocycles. The van der Waals surface area contributed by atoms with E-state index >= 15 is 0 Å². The fourth-order valence-electron chi connectivity index (χ4n) is 1.32. The topological polar surface area (TPSA) is 54.3 Å². The second-order valence-electron chi connectivity index (χ2n) is 4.16. The molecule has 0 radical (unpaired) electrons. The number of ether oxygens (including phenoxy) is 2. The highest BCUT2D eigenvalue weighted by Crippen LogP contribution is 2.19. The van der Waals surface area contributed by atoms with Crippen LogP contribution in [-0.2, 0) is 9.47 Å². The SMILES string of the molecule is CCCCOCCOCC(C#N)NC1CC1. The summed E-state index contributed by atoms with van der Waals surface area (Å²) < 4.78 is 10.7. The summed E-state index contributed by atoms with van der Waals surface area (Å²) in [5.74, 6) is 0. The van der Waals surface area contributed by atoms with Crippen LogP contribution in [0.3, 0.4) is 0 Å². The molecule has 0 aromatic rings. The number of unbranched alkanes of at least 4 members (excludes halogenated alkanes) is 1. The highest BCUT2D eigenvalue weighted by molar-refractivity contribution is 4.95. The Labute approximate surface area is 97.9 Å². The smallest absolute Gasteiger partial charge is 0.119 e. The van der Waals surface area contributed by atoms with Gasteiger partial charge in [-0.25, -0.2) is 0 Å². The van der Waals surface area contributed by atoms with E-state index in [9.17, 15) is 0 Å². The molecule has 4 nitrogen and oxygen atoms in total. The molecule has 92 valence electrons. The molecule has 0 bridgehead atoms. The van der Waals surface area contributed by atoms with E-state index in [4.69, 9.17) is 14.7 Å². The molecule has 1 saturated carbocycles. The van der Waals surface area contributed by atoms with E-state index in [0.717, 1.165) is 19.4 Å². The first-order valence-electron chi connectivity index (χ1n) is 6.18. The molecule has 0 heterocycles. The summed E-state index contributed by atoms with van der Waals surface area (Å²) in [6.07, 6.45) is 4.64. The van der Waals surface area contributed by atoms with Gasteiger partial charge in [-0.1, -0.05) is 13.3 Å². The van der Waals surface area contributed by atoms with Gasteiger partial charge in [0.1, 0.15) is 6.04 Å². The van der Waals surface area contributed by atoms with Crippen LogP contribution in [0.4, 0.5) is 0 Å². The molecular formula is C12H22N2O2. The molecule has 1 atom stereocenters. The lowest BCUT2D eigenvalue weighted by atomic mass is 10.3. The van der Waals surface area contributed by atoms with E-state index in [1.54, 1.807) is 0 Å². The van der Waals surface area contributed by atoms with Crippen LogP contribution in [0.1, 0.15) is 32.6 Å². The van der Waals surface area contributed by atoms with Gasteiger partial charge in [0, 0.05) is 12.6 Å². The van der Waals surface area contributed by atoms with Crippen LogP contribution in [0.15, 0.2) is 0 Å². The number of nitrogens with zero attached hydrogens (tertiary/aromatic N) is 1. The molecule has 0 saturated heterocycles. The number of nitrogens with one attached hydrogen (secondary N) is 1. The molecule has 0 amide bonds. The van der Waals surface area contributed by atoms with Crippen molar-refractivity contribution in [2.75, 3.05) is 26.4 Å². The minimum Gasteiger partial charge on any atom is -0.379 e. The zero-order valence-electron chi connectivity index (χ0n) is 10.1. The highest BCUT2D eigenvalue weighted by atomic mass is 16.5. The monoisotopic (exact) mass is 226 g/mol. The Morgan fingerprint density at radius 2 is 2.06 bits per heavy atom. The van der Waals surface area contributed by atoms with Crippen LogP contribution in [0, 0.1) is 11.3 Å². The Morgan fingerprint density at radius 3 is 2.69 bits per heavy atom. The van der Waals surface area contributed by atoms with Crippen molar-refractivity contribution in [2.45, 2.75) is 44.7 Å². The molecule has 1 unspecified atom stereocenters. The minimum absolute atomic E-state index is 0.164. The van der Waals surface area contributed by atoms with Gasteiger partial charge in [-0.3, -0.25) is 5.32 Å². The molecule has 4 heteroatoms. The maximum Gasteiger partial charge on any atom is 0.119 e. The number of nitriles is 1. The molecule has 16 heavy (non-hydrogen) atoms. The molecular weight excluding hydrogens is 204 g/mol. The van der Waals surface area contributed by atoms with Crippen LogP contribution in [-0.4, -0.2) is 38.5 Å². The molecule has 0 aliphatic heterocycles. The number of hydrogen-bond acceptors (Lipinski definition) is 4. The van der Waals surface area contributed by atoms with Crippen LogP contribution >= 0.6 is 0 Å². The predicted octanol–water partition coefficient (Wildman–Crippen LogP) is 1.46. The highest BCUT2D eigenvalue weighted by Gasteiger charge is 2.24. The lowest BCUT2D eigenvalue weighted by molar-refractivity contribution is 0.0427. The molecule has 1 rings (SSSR count). The lowest BCUT2D eigenvalue weighted by Gasteiger charge is -2.11. The maximum atomic E-state index is 8.85. The summed E-state index contributed by atoms with van der Waals surface area (Å²) in [6.45, 7) is 4.61. The van der Waals surface area contributed by atoms with Crippen LogP contribution in [0.2, 0.25) is 0 Å². The van der Waals surface area contributed by atoms with Crippen molar-refractivity contribution in [1.82, 2.24) is 5.32 Å². The van der Waals surface area contributed by atoms with Gasteiger partial charge in [-0.15, -0.1) is 0 Å². The molecule has 0 spiro atoms. The van der Waals surface area contributed by atoms with Crippen molar-refractivity contribution in [3.8, 4) is 6.07 Å². The van der Waals surface area contributed by atoms with E-state index in [1.165, 1.54) is 12.8 Å². The van der Waals surface area contributed by atoms with Gasteiger partial charge in [0.25, 0.3) is 0 Å². The van der Waals surface area contributed by atoms with Gasteiger partial charge < -0.3 is 9.47 Å². The third-order valence-corrected chi connectivity index (χ3v) is 2.47. The zero-order valence-corrected chi connectivity index (χ0v) is 10.1. The van der Waals surface area contributed by atoms with Crippen molar-refractivity contribution in [1.29, 1.82) is 5.26 Å². The van der Waals surface area contributed by atoms with E-state index in [0.29, 0.717) is 25.9 Å². The van der Waals surface area contributed by atoms with Gasteiger partial charge in [0.15, 0.2) is 0 Å². The second kappa shape index (κ2) is 8.51. The van der Waals surface area contributed by atoms with Crippen molar-refractivity contribution in [3.05, 3.63) is 0 Å². The average Bonchev–Trinajstić information content (AvgIpc) is 3.10. The Morgan fingerprint density at radius 1 is 1.31 bits per heavy atom. The zero-order chi connectivity index (χ0) is 11.6. The summed E-state index contributed by atoms with van der Waals surface area (Å²) in [4.78, 5) is 0. The van der Waals surface area contributed by atoms with Crippen molar-refractivity contribution >= 4 is 0 Å².